The summed E-state index contributed by atoms with van der Waals surface area (Å²) in [5, 5.41) is 0. The Balaban J connectivity index is 2.33. The average molecular weight is 389 g/mol. The molecular weight excluding hydrogens is 358 g/mol. The lowest BCUT2D eigenvalue weighted by Gasteiger charge is -2.35. The van der Waals surface area contributed by atoms with Crippen molar-refractivity contribution in [1.29, 1.82) is 0 Å². The molecule has 6 nitrogen and oxygen atoms in total. The number of hydrogen-bond donors (Lipinski definition) is 0. The van der Waals surface area contributed by atoms with Crippen molar-refractivity contribution in [2.45, 2.75) is 71.4 Å². The zero-order valence-electron chi connectivity index (χ0n) is 17.6. The van der Waals surface area contributed by atoms with Crippen LogP contribution in [0.15, 0.2) is 42.5 Å². The van der Waals surface area contributed by atoms with Crippen LogP contribution in [0.1, 0.15) is 47.1 Å². The van der Waals surface area contributed by atoms with Gasteiger partial charge in [-0.15, -0.1) is 0 Å². The molecule has 2 rings (SSSR count). The van der Waals surface area contributed by atoms with Crippen molar-refractivity contribution in [3.8, 4) is 0 Å². The molecule has 0 aliphatic carbocycles. The van der Waals surface area contributed by atoms with Crippen LogP contribution >= 0.6 is 0 Å². The molecule has 1 aromatic rings. The second kappa shape index (κ2) is 8.78. The van der Waals surface area contributed by atoms with Crippen molar-refractivity contribution in [3.63, 3.8) is 0 Å². The highest BCUT2D eigenvalue weighted by atomic mass is 16.6. The third kappa shape index (κ3) is 5.83. The zero-order chi connectivity index (χ0) is 20.9. The maximum Gasteiger partial charge on any atom is 0.412 e. The van der Waals surface area contributed by atoms with E-state index in [9.17, 15) is 9.59 Å². The van der Waals surface area contributed by atoms with Gasteiger partial charge in [0.05, 0.1) is 18.8 Å². The van der Waals surface area contributed by atoms with Gasteiger partial charge in [0, 0.05) is 6.08 Å². The smallest absolute Gasteiger partial charge is 0.412 e. The van der Waals surface area contributed by atoms with E-state index in [0.717, 1.165) is 5.56 Å². The highest BCUT2D eigenvalue weighted by molar-refractivity contribution is 5.82. The summed E-state index contributed by atoms with van der Waals surface area (Å²) in [6, 6.07) is 9.55. The molecule has 1 aliphatic rings. The molecule has 6 heteroatoms. The molecule has 0 radical (unpaired) electrons. The molecule has 1 amide bonds. The predicted octanol–water partition coefficient (Wildman–Crippen LogP) is 4.09. The van der Waals surface area contributed by atoms with E-state index in [-0.39, 0.29) is 6.04 Å². The van der Waals surface area contributed by atoms with Gasteiger partial charge in [0.15, 0.2) is 0 Å². The van der Waals surface area contributed by atoms with E-state index in [4.69, 9.17) is 14.2 Å². The third-order valence-electron chi connectivity index (χ3n) is 4.30. The summed E-state index contributed by atoms with van der Waals surface area (Å²) >= 11 is 0. The van der Waals surface area contributed by atoms with Crippen molar-refractivity contribution >= 4 is 12.1 Å². The number of benzene rings is 1. The Morgan fingerprint density at radius 1 is 1.21 bits per heavy atom. The third-order valence-corrected chi connectivity index (χ3v) is 4.30. The van der Waals surface area contributed by atoms with Gasteiger partial charge in [0.1, 0.15) is 11.3 Å². The fraction of sp³-hybridized carbons (Fsp3) is 0.545. The summed E-state index contributed by atoms with van der Waals surface area (Å²) < 4.78 is 16.7. The van der Waals surface area contributed by atoms with Gasteiger partial charge >= 0.3 is 12.1 Å². The lowest BCUT2D eigenvalue weighted by Crippen LogP contribution is -2.50. The molecule has 1 fully saturated rings. The topological polar surface area (TPSA) is 65.1 Å². The quantitative estimate of drug-likeness (QED) is 0.561. The van der Waals surface area contributed by atoms with E-state index in [0.29, 0.717) is 13.0 Å². The van der Waals surface area contributed by atoms with Crippen molar-refractivity contribution in [1.82, 2.24) is 4.90 Å². The van der Waals surface area contributed by atoms with Crippen molar-refractivity contribution in [2.75, 3.05) is 6.61 Å². The molecule has 0 unspecified atom stereocenters. The van der Waals surface area contributed by atoms with Crippen molar-refractivity contribution in [3.05, 3.63) is 48.0 Å². The maximum atomic E-state index is 13.0. The SMILES string of the molecule is CCOC(=O)/C=C/[C@@H]1OC(C)(C)N(C(=O)OC(C)(C)C)[C@H]1Cc1ccccc1. The summed E-state index contributed by atoms with van der Waals surface area (Å²) in [6.07, 6.45) is 2.69. The standard InChI is InChI=1S/C22H31NO5/c1-7-26-19(24)14-13-18-17(15-16-11-9-8-10-12-16)23(22(5,6)27-18)20(25)28-21(2,3)4/h8-14,17-18H,7,15H2,1-6H3/b14-13+/t17-,18-/m0/s1. The Kier molecular flexibility index (Phi) is 6.88. The maximum absolute atomic E-state index is 13.0. The molecule has 1 saturated heterocycles. The van der Waals surface area contributed by atoms with E-state index in [2.05, 4.69) is 0 Å². The summed E-state index contributed by atoms with van der Waals surface area (Å²) in [5.74, 6) is -0.432. The first-order chi connectivity index (χ1) is 13.0. The zero-order valence-corrected chi connectivity index (χ0v) is 17.6. The normalized spacial score (nSPS) is 21.7. The molecule has 0 saturated carbocycles. The lowest BCUT2D eigenvalue weighted by atomic mass is 10.00. The average Bonchev–Trinajstić information content (AvgIpc) is 2.82. The molecule has 1 aliphatic heterocycles. The van der Waals surface area contributed by atoms with E-state index >= 15 is 0 Å². The summed E-state index contributed by atoms with van der Waals surface area (Å²) in [6.45, 7) is 11.2. The van der Waals surface area contributed by atoms with Crippen LogP contribution in [0.2, 0.25) is 0 Å². The minimum Gasteiger partial charge on any atom is -0.463 e. The van der Waals surface area contributed by atoms with Gasteiger partial charge in [-0.1, -0.05) is 30.3 Å². The van der Waals surface area contributed by atoms with Crippen LogP contribution in [-0.4, -0.2) is 47.0 Å². The monoisotopic (exact) mass is 389 g/mol. The number of nitrogens with zero attached hydrogens (tertiary/aromatic N) is 1. The van der Waals surface area contributed by atoms with Crippen LogP contribution in [0.5, 0.6) is 0 Å². The van der Waals surface area contributed by atoms with Gasteiger partial charge in [0.25, 0.3) is 0 Å². The first-order valence-electron chi connectivity index (χ1n) is 9.62. The number of amides is 1. The van der Waals surface area contributed by atoms with E-state index < -0.39 is 29.5 Å². The Labute approximate surface area is 167 Å². The van der Waals surface area contributed by atoms with E-state index in [1.807, 2.05) is 65.0 Å². The summed E-state index contributed by atoms with van der Waals surface area (Å²) in [7, 11) is 0. The highest BCUT2D eigenvalue weighted by Gasteiger charge is 2.50. The Morgan fingerprint density at radius 2 is 1.86 bits per heavy atom. The van der Waals surface area contributed by atoms with E-state index in [1.54, 1.807) is 17.9 Å². The van der Waals surface area contributed by atoms with Crippen LogP contribution < -0.4 is 0 Å². The van der Waals surface area contributed by atoms with Crippen LogP contribution in [0.25, 0.3) is 0 Å². The van der Waals surface area contributed by atoms with Gasteiger partial charge in [-0.3, -0.25) is 4.90 Å². The van der Waals surface area contributed by atoms with Gasteiger partial charge in [-0.2, -0.15) is 0 Å². The van der Waals surface area contributed by atoms with Crippen molar-refractivity contribution < 1.29 is 23.8 Å². The number of rotatable bonds is 5. The predicted molar refractivity (Wildman–Crippen MR) is 107 cm³/mol. The number of ether oxygens (including phenoxy) is 3. The fourth-order valence-corrected chi connectivity index (χ4v) is 3.28. The molecule has 28 heavy (non-hydrogen) atoms. The molecule has 1 aromatic carbocycles. The number of hydrogen-bond acceptors (Lipinski definition) is 5. The van der Waals surface area contributed by atoms with Crippen LogP contribution in [0.3, 0.4) is 0 Å². The second-order valence-electron chi connectivity index (χ2n) is 8.25. The fourth-order valence-electron chi connectivity index (χ4n) is 3.28. The summed E-state index contributed by atoms with van der Waals surface area (Å²) in [4.78, 5) is 26.4. The Hall–Kier alpha value is -2.34. The van der Waals surface area contributed by atoms with Gasteiger partial charge in [-0.25, -0.2) is 9.59 Å². The Bertz CT molecular complexity index is 705. The van der Waals surface area contributed by atoms with Crippen LogP contribution in [0, 0.1) is 0 Å². The minimum absolute atomic E-state index is 0.303. The molecule has 0 spiro atoms. The minimum atomic E-state index is -0.883. The van der Waals surface area contributed by atoms with Gasteiger partial charge < -0.3 is 14.2 Å². The number of carbonyl (C=O) groups is 2. The van der Waals surface area contributed by atoms with Crippen molar-refractivity contribution in [2.24, 2.45) is 0 Å². The molecule has 0 N–H and O–H groups in total. The molecule has 1 heterocycles. The molecule has 0 aromatic heterocycles. The Morgan fingerprint density at radius 3 is 2.43 bits per heavy atom. The first-order valence-corrected chi connectivity index (χ1v) is 9.62. The second-order valence-corrected chi connectivity index (χ2v) is 8.25. The van der Waals surface area contributed by atoms with Gasteiger partial charge in [0.2, 0.25) is 0 Å². The highest BCUT2D eigenvalue weighted by Crippen LogP contribution is 2.36. The summed E-state index contributed by atoms with van der Waals surface area (Å²) in [5.41, 5.74) is -0.439. The molecule has 154 valence electrons. The molecular formula is C22H31NO5. The van der Waals surface area contributed by atoms with Crippen LogP contribution in [0.4, 0.5) is 4.79 Å². The van der Waals surface area contributed by atoms with Crippen LogP contribution in [-0.2, 0) is 25.4 Å². The number of carbonyl (C=O) groups excluding carboxylic acids is 2. The molecule has 2 atom stereocenters. The largest absolute Gasteiger partial charge is 0.463 e. The lowest BCUT2D eigenvalue weighted by molar-refractivity contribution is -0.137. The first kappa shape index (κ1) is 22.0. The van der Waals surface area contributed by atoms with E-state index in [1.165, 1.54) is 6.08 Å². The molecule has 0 bridgehead atoms. The number of esters is 1. The van der Waals surface area contributed by atoms with Gasteiger partial charge in [-0.05, 0) is 59.6 Å².